The highest BCUT2D eigenvalue weighted by atomic mass is 32.2. The third-order valence-corrected chi connectivity index (χ3v) is 7.26. The number of benzene rings is 2. The first-order valence-electron chi connectivity index (χ1n) is 10.4. The van der Waals surface area contributed by atoms with Gasteiger partial charge in [0.05, 0.1) is 16.1 Å². The molecule has 3 aromatic rings. The number of para-hydroxylation sites is 1. The number of amides is 3. The van der Waals surface area contributed by atoms with Crippen molar-refractivity contribution in [2.45, 2.75) is 29.3 Å². The maximum absolute atomic E-state index is 13.4. The van der Waals surface area contributed by atoms with Crippen LogP contribution in [0, 0.1) is 0 Å². The molecule has 35 heavy (non-hydrogen) atoms. The number of hydrogen-bond acceptors (Lipinski definition) is 6. The van der Waals surface area contributed by atoms with Gasteiger partial charge in [0.2, 0.25) is 0 Å². The van der Waals surface area contributed by atoms with E-state index in [-0.39, 0.29) is 12.1 Å². The smallest absolute Gasteiger partial charge is 0.363 e. The number of aromatic nitrogens is 1. The van der Waals surface area contributed by atoms with E-state index in [2.05, 4.69) is 10.3 Å². The van der Waals surface area contributed by atoms with Gasteiger partial charge in [-0.1, -0.05) is 18.2 Å². The number of halogens is 3. The maximum atomic E-state index is 13.4. The summed E-state index contributed by atoms with van der Waals surface area (Å²) >= 11 is 0. The fourth-order valence-corrected chi connectivity index (χ4v) is 4.70. The van der Waals surface area contributed by atoms with Crippen LogP contribution >= 0.6 is 0 Å². The Balaban J connectivity index is 1.68. The van der Waals surface area contributed by atoms with Crippen molar-refractivity contribution < 1.29 is 31.2 Å². The second kappa shape index (κ2) is 8.22. The third kappa shape index (κ3) is 4.18. The normalized spacial score (nSPS) is 18.7. The minimum absolute atomic E-state index is 0.0501. The molecule has 4 rings (SSSR count). The van der Waals surface area contributed by atoms with E-state index >= 15 is 0 Å². The van der Waals surface area contributed by atoms with Crippen LogP contribution in [0.1, 0.15) is 12.5 Å². The van der Waals surface area contributed by atoms with Crippen LogP contribution in [0.3, 0.4) is 0 Å². The number of anilines is 2. The fourth-order valence-electron chi connectivity index (χ4n) is 3.93. The second-order valence-electron chi connectivity index (χ2n) is 8.57. The molecule has 0 radical (unpaired) electrons. The number of rotatable bonds is 5. The molecule has 1 aliphatic rings. The van der Waals surface area contributed by atoms with E-state index < -0.39 is 37.7 Å². The number of carbonyl (C=O) groups excluding carboxylic acids is 2. The molecular formula is C23H21F3N4O4S. The van der Waals surface area contributed by atoms with Gasteiger partial charge in [0, 0.05) is 25.9 Å². The topological polar surface area (TPSA) is 99.7 Å². The summed E-state index contributed by atoms with van der Waals surface area (Å²) in [5.74, 6) is 0.0404. The van der Waals surface area contributed by atoms with Crippen molar-refractivity contribution in [2.75, 3.05) is 23.9 Å². The van der Waals surface area contributed by atoms with Crippen LogP contribution in [-0.2, 0) is 21.1 Å². The predicted molar refractivity (Wildman–Crippen MR) is 124 cm³/mol. The lowest BCUT2D eigenvalue weighted by atomic mass is 9.90. The first kappa shape index (κ1) is 24.5. The highest BCUT2D eigenvalue weighted by molar-refractivity contribution is 7.92. The van der Waals surface area contributed by atoms with Crippen molar-refractivity contribution >= 4 is 44.2 Å². The Morgan fingerprint density at radius 3 is 2.29 bits per heavy atom. The number of urea groups is 1. The van der Waals surface area contributed by atoms with Crippen molar-refractivity contribution in [3.05, 3.63) is 60.2 Å². The number of carbonyl (C=O) groups is 2. The van der Waals surface area contributed by atoms with Crippen molar-refractivity contribution in [3.8, 4) is 0 Å². The first-order chi connectivity index (χ1) is 16.2. The lowest BCUT2D eigenvalue weighted by Gasteiger charge is -2.24. The molecule has 0 bridgehead atoms. The Bertz CT molecular complexity index is 1440. The predicted octanol–water partition coefficient (Wildman–Crippen LogP) is 3.65. The number of imide groups is 1. The molecule has 0 aliphatic carbocycles. The fraction of sp³-hybridized carbons (Fsp3) is 0.261. The average Bonchev–Trinajstić information content (AvgIpc) is 3.00. The molecule has 0 spiro atoms. The van der Waals surface area contributed by atoms with Gasteiger partial charge in [0.25, 0.3) is 15.7 Å². The molecule has 1 atom stereocenters. The zero-order valence-electron chi connectivity index (χ0n) is 18.9. The van der Waals surface area contributed by atoms with Crippen molar-refractivity contribution in [1.82, 2.24) is 10.3 Å². The van der Waals surface area contributed by atoms with Gasteiger partial charge in [0.15, 0.2) is 0 Å². The Morgan fingerprint density at radius 2 is 1.69 bits per heavy atom. The van der Waals surface area contributed by atoms with E-state index in [1.807, 2.05) is 49.3 Å². The summed E-state index contributed by atoms with van der Waals surface area (Å²) in [5.41, 5.74) is -5.39. The number of hydrogen-bond donors (Lipinski definition) is 1. The molecule has 2 aromatic carbocycles. The molecule has 1 fully saturated rings. The lowest BCUT2D eigenvalue weighted by molar-refractivity contribution is -0.121. The molecule has 8 nitrogen and oxygen atoms in total. The molecule has 12 heteroatoms. The van der Waals surface area contributed by atoms with Crippen molar-refractivity contribution in [3.63, 3.8) is 0 Å². The lowest BCUT2D eigenvalue weighted by Crippen LogP contribution is -2.46. The Morgan fingerprint density at radius 1 is 1.06 bits per heavy atom. The molecule has 1 unspecified atom stereocenters. The van der Waals surface area contributed by atoms with Crippen molar-refractivity contribution in [1.29, 1.82) is 0 Å². The van der Waals surface area contributed by atoms with E-state index in [1.165, 1.54) is 0 Å². The molecule has 184 valence electrons. The molecular weight excluding hydrogens is 485 g/mol. The van der Waals surface area contributed by atoms with Gasteiger partial charge in [0.1, 0.15) is 11.4 Å². The highest BCUT2D eigenvalue weighted by Gasteiger charge is 2.49. The minimum atomic E-state index is -5.55. The van der Waals surface area contributed by atoms with Crippen LogP contribution in [0.5, 0.6) is 0 Å². The van der Waals surface area contributed by atoms with Crippen LogP contribution in [0.15, 0.2) is 59.5 Å². The van der Waals surface area contributed by atoms with Gasteiger partial charge in [-0.05, 0) is 48.9 Å². The highest BCUT2D eigenvalue weighted by Crippen LogP contribution is 2.34. The van der Waals surface area contributed by atoms with E-state index in [0.29, 0.717) is 23.5 Å². The van der Waals surface area contributed by atoms with Gasteiger partial charge in [-0.3, -0.25) is 4.79 Å². The number of nitrogens with one attached hydrogen (secondary N) is 1. The monoisotopic (exact) mass is 506 g/mol. The summed E-state index contributed by atoms with van der Waals surface area (Å²) < 4.78 is 61.7. The largest absolute Gasteiger partial charge is 0.501 e. The van der Waals surface area contributed by atoms with Crippen molar-refractivity contribution in [2.24, 2.45) is 0 Å². The number of alkyl halides is 3. The summed E-state index contributed by atoms with van der Waals surface area (Å²) in [7, 11) is -1.90. The summed E-state index contributed by atoms with van der Waals surface area (Å²) in [6, 6.07) is 11.9. The molecule has 1 aliphatic heterocycles. The first-order valence-corrected chi connectivity index (χ1v) is 11.9. The SMILES string of the molecule is CN(C)c1cc(CC2(C)NC(=O)N(c3ccc(S(=O)(=O)C(F)(F)F)cc3)C2=O)c2ccccc2n1. The summed E-state index contributed by atoms with van der Waals surface area (Å²) in [6.07, 6.45) is 0.123. The van der Waals surface area contributed by atoms with Crippen LogP contribution in [0.4, 0.5) is 29.5 Å². The van der Waals surface area contributed by atoms with Gasteiger partial charge in [-0.25, -0.2) is 23.1 Å². The van der Waals surface area contributed by atoms with Crippen LogP contribution in [0.2, 0.25) is 0 Å². The number of fused-ring (bicyclic) bond motifs is 1. The average molecular weight is 507 g/mol. The van der Waals surface area contributed by atoms with E-state index in [0.717, 1.165) is 28.0 Å². The third-order valence-electron chi connectivity index (χ3n) is 5.76. The zero-order chi connectivity index (χ0) is 25.8. The zero-order valence-corrected chi connectivity index (χ0v) is 19.7. The quantitative estimate of drug-likeness (QED) is 0.531. The Hall–Kier alpha value is -3.67. The van der Waals surface area contributed by atoms with E-state index in [9.17, 15) is 31.2 Å². The molecule has 1 saturated heterocycles. The molecule has 1 N–H and O–H groups in total. The maximum Gasteiger partial charge on any atom is 0.501 e. The van der Waals surface area contributed by atoms with Gasteiger partial charge >= 0.3 is 11.5 Å². The number of nitrogens with zero attached hydrogens (tertiary/aromatic N) is 3. The Kier molecular flexibility index (Phi) is 5.75. The van der Waals surface area contributed by atoms with Crippen LogP contribution in [-0.4, -0.2) is 50.5 Å². The van der Waals surface area contributed by atoms with Crippen LogP contribution < -0.4 is 15.1 Å². The second-order valence-corrected chi connectivity index (χ2v) is 10.5. The summed E-state index contributed by atoms with van der Waals surface area (Å²) in [6.45, 7) is 1.56. The van der Waals surface area contributed by atoms with Crippen LogP contribution in [0.25, 0.3) is 10.9 Å². The molecule has 2 heterocycles. The van der Waals surface area contributed by atoms with Gasteiger partial charge < -0.3 is 10.2 Å². The minimum Gasteiger partial charge on any atom is -0.363 e. The summed E-state index contributed by atoms with van der Waals surface area (Å²) in [4.78, 5) is 32.3. The Labute approximate surface area is 199 Å². The number of pyridine rings is 1. The van der Waals surface area contributed by atoms with Gasteiger partial charge in [-0.2, -0.15) is 13.2 Å². The van der Waals surface area contributed by atoms with E-state index in [1.54, 1.807) is 6.92 Å². The molecule has 3 amide bonds. The molecule has 0 saturated carbocycles. The summed E-state index contributed by atoms with van der Waals surface area (Å²) in [5, 5.41) is 3.47. The number of sulfone groups is 1. The van der Waals surface area contributed by atoms with Gasteiger partial charge in [-0.15, -0.1) is 0 Å². The van der Waals surface area contributed by atoms with E-state index in [4.69, 9.17) is 0 Å². The standard InChI is InChI=1S/C23H21F3N4O4S/c1-22(13-14-12-19(29(2)3)27-18-7-5-4-6-17(14)18)20(31)30(21(32)28-22)15-8-10-16(11-9-15)35(33,34)23(24,25)26/h4-12H,13H2,1-3H3,(H,28,32). The molecule has 1 aromatic heterocycles.